The summed E-state index contributed by atoms with van der Waals surface area (Å²) in [7, 11) is 1.40. The molecule has 1 N–H and O–H groups in total. The van der Waals surface area contributed by atoms with Crippen LogP contribution in [0.1, 0.15) is 41.1 Å². The number of carbonyl (C=O) groups excluding carboxylic acids is 1. The lowest BCUT2D eigenvalue weighted by atomic mass is 9.78. The highest BCUT2D eigenvalue weighted by molar-refractivity contribution is 5.90. The van der Waals surface area contributed by atoms with Crippen LogP contribution in [-0.4, -0.2) is 44.2 Å². The minimum atomic E-state index is -0.321. The van der Waals surface area contributed by atoms with Crippen LogP contribution in [0.2, 0.25) is 0 Å². The van der Waals surface area contributed by atoms with E-state index in [1.165, 1.54) is 26.4 Å². The van der Waals surface area contributed by atoms with Gasteiger partial charge in [-0.2, -0.15) is 0 Å². The molecule has 1 spiro atoms. The molecular formula is C16H25ClN2O3. The van der Waals surface area contributed by atoms with Gasteiger partial charge in [-0.25, -0.2) is 4.79 Å². The van der Waals surface area contributed by atoms with Gasteiger partial charge in [-0.3, -0.25) is 4.90 Å². The molecule has 6 heteroatoms. The molecule has 2 aliphatic rings. The first-order valence-corrected chi connectivity index (χ1v) is 7.73. The van der Waals surface area contributed by atoms with Crippen LogP contribution < -0.4 is 5.32 Å². The van der Waals surface area contributed by atoms with Crippen LogP contribution in [0.25, 0.3) is 0 Å². The summed E-state index contributed by atoms with van der Waals surface area (Å²) in [4.78, 5) is 14.1. The number of esters is 1. The van der Waals surface area contributed by atoms with E-state index in [1.807, 2.05) is 13.0 Å². The van der Waals surface area contributed by atoms with Crippen molar-refractivity contribution in [1.29, 1.82) is 0 Å². The van der Waals surface area contributed by atoms with E-state index in [0.29, 0.717) is 16.7 Å². The molecule has 22 heavy (non-hydrogen) atoms. The molecule has 3 rings (SSSR count). The Bertz CT molecular complexity index is 523. The molecule has 2 aliphatic heterocycles. The number of likely N-dealkylation sites (tertiary alicyclic amines) is 1. The molecule has 2 fully saturated rings. The Kier molecular flexibility index (Phi) is 5.53. The summed E-state index contributed by atoms with van der Waals surface area (Å²) >= 11 is 0. The number of aryl methyl sites for hydroxylation is 1. The van der Waals surface area contributed by atoms with Gasteiger partial charge in [0.15, 0.2) is 0 Å². The number of carbonyl (C=O) groups is 1. The molecule has 0 bridgehead atoms. The Balaban J connectivity index is 0.00000176. The van der Waals surface area contributed by atoms with Crippen molar-refractivity contribution in [3.05, 3.63) is 23.2 Å². The Morgan fingerprint density at radius 3 is 2.82 bits per heavy atom. The van der Waals surface area contributed by atoms with Gasteiger partial charge in [0.2, 0.25) is 0 Å². The summed E-state index contributed by atoms with van der Waals surface area (Å²) in [6, 6.07) is 1.83. The SMILES string of the molecule is COC(=O)c1cc(CN2CCC3(CCNCC3)C2)oc1C.Cl. The van der Waals surface area contributed by atoms with Crippen molar-refractivity contribution >= 4 is 18.4 Å². The fourth-order valence-corrected chi connectivity index (χ4v) is 3.68. The largest absolute Gasteiger partial charge is 0.465 e. The summed E-state index contributed by atoms with van der Waals surface area (Å²) in [6.07, 6.45) is 3.82. The molecule has 0 atom stereocenters. The highest BCUT2D eigenvalue weighted by atomic mass is 35.5. The second-order valence-corrected chi connectivity index (χ2v) is 6.38. The molecule has 0 radical (unpaired) electrons. The minimum absolute atomic E-state index is 0. The summed E-state index contributed by atoms with van der Waals surface area (Å²) in [5.74, 6) is 1.19. The maximum Gasteiger partial charge on any atom is 0.341 e. The van der Waals surface area contributed by atoms with Crippen molar-refractivity contribution in [2.45, 2.75) is 32.7 Å². The Morgan fingerprint density at radius 2 is 2.14 bits per heavy atom. The number of ether oxygens (including phenoxy) is 1. The molecule has 3 heterocycles. The number of rotatable bonds is 3. The lowest BCUT2D eigenvalue weighted by molar-refractivity contribution is 0.0599. The first kappa shape index (κ1) is 17.3. The highest BCUT2D eigenvalue weighted by Gasteiger charge is 2.38. The van der Waals surface area contributed by atoms with Crippen molar-refractivity contribution in [2.24, 2.45) is 5.41 Å². The molecule has 0 aromatic carbocycles. The number of hydrogen-bond acceptors (Lipinski definition) is 5. The van der Waals surface area contributed by atoms with Crippen LogP contribution in [-0.2, 0) is 11.3 Å². The minimum Gasteiger partial charge on any atom is -0.465 e. The maximum absolute atomic E-state index is 11.6. The van der Waals surface area contributed by atoms with Gasteiger partial charge in [-0.15, -0.1) is 12.4 Å². The van der Waals surface area contributed by atoms with Crippen molar-refractivity contribution < 1.29 is 13.9 Å². The van der Waals surface area contributed by atoms with E-state index in [2.05, 4.69) is 10.2 Å². The average Bonchev–Trinajstić information content (AvgIpc) is 3.03. The number of piperidine rings is 1. The van der Waals surface area contributed by atoms with Gasteiger partial charge in [0.05, 0.1) is 13.7 Å². The zero-order chi connectivity index (χ0) is 14.9. The van der Waals surface area contributed by atoms with E-state index < -0.39 is 0 Å². The van der Waals surface area contributed by atoms with E-state index in [9.17, 15) is 4.79 Å². The monoisotopic (exact) mass is 328 g/mol. The Morgan fingerprint density at radius 1 is 1.41 bits per heavy atom. The molecule has 0 saturated carbocycles. The number of hydrogen-bond donors (Lipinski definition) is 1. The second kappa shape index (κ2) is 7.02. The van der Waals surface area contributed by atoms with Crippen LogP contribution in [0.5, 0.6) is 0 Å². The summed E-state index contributed by atoms with van der Waals surface area (Å²) < 4.78 is 10.5. The second-order valence-electron chi connectivity index (χ2n) is 6.38. The quantitative estimate of drug-likeness (QED) is 0.863. The average molecular weight is 329 g/mol. The third-order valence-electron chi connectivity index (χ3n) is 4.94. The first-order chi connectivity index (χ1) is 10.1. The zero-order valence-corrected chi connectivity index (χ0v) is 14.1. The van der Waals surface area contributed by atoms with Crippen LogP contribution in [0, 0.1) is 12.3 Å². The summed E-state index contributed by atoms with van der Waals surface area (Å²) in [5, 5.41) is 3.44. The van der Waals surface area contributed by atoms with Crippen LogP contribution in [0.15, 0.2) is 10.5 Å². The van der Waals surface area contributed by atoms with Crippen molar-refractivity contribution in [2.75, 3.05) is 33.3 Å². The molecule has 124 valence electrons. The molecule has 0 unspecified atom stereocenters. The van der Waals surface area contributed by atoms with Gasteiger partial charge in [-0.1, -0.05) is 0 Å². The van der Waals surface area contributed by atoms with E-state index in [4.69, 9.17) is 9.15 Å². The van der Waals surface area contributed by atoms with E-state index >= 15 is 0 Å². The van der Waals surface area contributed by atoms with E-state index in [0.717, 1.165) is 38.5 Å². The number of methoxy groups -OCH3 is 1. The molecular weight excluding hydrogens is 304 g/mol. The van der Waals surface area contributed by atoms with Crippen LogP contribution in [0.3, 0.4) is 0 Å². The fourth-order valence-electron chi connectivity index (χ4n) is 3.68. The summed E-state index contributed by atoms with van der Waals surface area (Å²) in [5.41, 5.74) is 1.04. The van der Waals surface area contributed by atoms with Crippen LogP contribution in [0.4, 0.5) is 0 Å². The standard InChI is InChI=1S/C16H24N2O3.ClH/c1-12-14(15(19)20-2)9-13(21-12)10-18-8-5-16(11-18)3-6-17-7-4-16;/h9,17H,3-8,10-11H2,1-2H3;1H. The van der Waals surface area contributed by atoms with E-state index in [-0.39, 0.29) is 18.4 Å². The van der Waals surface area contributed by atoms with Crippen molar-refractivity contribution in [3.8, 4) is 0 Å². The van der Waals surface area contributed by atoms with Gasteiger partial charge in [-0.05, 0) is 57.3 Å². The lowest BCUT2D eigenvalue weighted by Crippen LogP contribution is -2.38. The molecule has 1 aromatic heterocycles. The molecule has 2 saturated heterocycles. The summed E-state index contributed by atoms with van der Waals surface area (Å²) in [6.45, 7) is 7.14. The zero-order valence-electron chi connectivity index (χ0n) is 13.3. The van der Waals surface area contributed by atoms with Gasteiger partial charge in [0.25, 0.3) is 0 Å². The number of furan rings is 1. The predicted molar refractivity (Wildman–Crippen MR) is 86.5 cm³/mol. The Labute approximate surface area is 137 Å². The number of nitrogens with one attached hydrogen (secondary N) is 1. The molecule has 0 amide bonds. The van der Waals surface area contributed by atoms with Gasteiger partial charge in [0, 0.05) is 6.54 Å². The fraction of sp³-hybridized carbons (Fsp3) is 0.688. The lowest BCUT2D eigenvalue weighted by Gasteiger charge is -2.33. The third-order valence-corrected chi connectivity index (χ3v) is 4.94. The van der Waals surface area contributed by atoms with Crippen LogP contribution >= 0.6 is 12.4 Å². The molecule has 5 nitrogen and oxygen atoms in total. The van der Waals surface area contributed by atoms with Gasteiger partial charge < -0.3 is 14.5 Å². The topological polar surface area (TPSA) is 54.7 Å². The van der Waals surface area contributed by atoms with Crippen molar-refractivity contribution in [1.82, 2.24) is 10.2 Å². The smallest absolute Gasteiger partial charge is 0.341 e. The highest BCUT2D eigenvalue weighted by Crippen LogP contribution is 2.39. The van der Waals surface area contributed by atoms with Gasteiger partial charge in [0.1, 0.15) is 17.1 Å². The Hall–Kier alpha value is -1.04. The van der Waals surface area contributed by atoms with Crippen molar-refractivity contribution in [3.63, 3.8) is 0 Å². The number of nitrogens with zero attached hydrogens (tertiary/aromatic N) is 1. The molecule has 0 aliphatic carbocycles. The maximum atomic E-state index is 11.6. The third kappa shape index (κ3) is 3.47. The van der Waals surface area contributed by atoms with E-state index in [1.54, 1.807) is 0 Å². The predicted octanol–water partition coefficient (Wildman–Crippen LogP) is 2.37. The first-order valence-electron chi connectivity index (χ1n) is 7.73. The van der Waals surface area contributed by atoms with Gasteiger partial charge >= 0.3 is 5.97 Å². The normalized spacial score (nSPS) is 20.8. The number of halogens is 1. The molecule has 1 aromatic rings.